The molecule has 8 heteroatoms. The van der Waals surface area contributed by atoms with Crippen molar-refractivity contribution in [1.82, 2.24) is 29.4 Å². The Morgan fingerprint density at radius 1 is 0.962 bits per heavy atom. The van der Waals surface area contributed by atoms with Crippen LogP contribution in [-0.4, -0.2) is 61.5 Å². The summed E-state index contributed by atoms with van der Waals surface area (Å²) in [6.07, 6.45) is 7.39. The lowest BCUT2D eigenvalue weighted by Crippen LogP contribution is -2.50. The van der Waals surface area contributed by atoms with Crippen LogP contribution in [0.1, 0.15) is 13.0 Å². The van der Waals surface area contributed by atoms with Gasteiger partial charge in [0.15, 0.2) is 11.6 Å². The largest absolute Gasteiger partial charge is 0.352 e. The average molecular weight is 351 g/mol. The first-order valence-corrected chi connectivity index (χ1v) is 8.72. The third kappa shape index (κ3) is 3.17. The number of amides is 1. The predicted molar refractivity (Wildman–Crippen MR) is 97.1 cm³/mol. The average Bonchev–Trinajstić information content (AvgIpc) is 3.41. The SMILES string of the molecule is CC(C(=O)N1CCN(c2ccc(-n3cccc3)nn2)CC1)n1cccn1. The van der Waals surface area contributed by atoms with Crippen LogP contribution in [0.25, 0.3) is 5.82 Å². The van der Waals surface area contributed by atoms with E-state index in [0.717, 1.165) is 24.7 Å². The van der Waals surface area contributed by atoms with E-state index in [1.54, 1.807) is 10.9 Å². The van der Waals surface area contributed by atoms with Gasteiger partial charge in [0.25, 0.3) is 0 Å². The van der Waals surface area contributed by atoms with Crippen LogP contribution in [0.15, 0.2) is 55.1 Å². The van der Waals surface area contributed by atoms with E-state index < -0.39 is 0 Å². The van der Waals surface area contributed by atoms with Gasteiger partial charge in [-0.25, -0.2) is 0 Å². The van der Waals surface area contributed by atoms with Gasteiger partial charge >= 0.3 is 0 Å². The normalized spacial score (nSPS) is 15.9. The van der Waals surface area contributed by atoms with E-state index in [2.05, 4.69) is 20.2 Å². The Morgan fingerprint density at radius 3 is 2.27 bits per heavy atom. The van der Waals surface area contributed by atoms with Gasteiger partial charge in [-0.1, -0.05) is 0 Å². The van der Waals surface area contributed by atoms with Gasteiger partial charge in [0, 0.05) is 51.0 Å². The van der Waals surface area contributed by atoms with Crippen molar-refractivity contribution < 1.29 is 4.79 Å². The minimum absolute atomic E-state index is 0.0994. The predicted octanol–water partition coefficient (Wildman–Crippen LogP) is 1.37. The van der Waals surface area contributed by atoms with E-state index in [-0.39, 0.29) is 11.9 Å². The highest BCUT2D eigenvalue weighted by Gasteiger charge is 2.26. The van der Waals surface area contributed by atoms with Crippen LogP contribution >= 0.6 is 0 Å². The van der Waals surface area contributed by atoms with Crippen molar-refractivity contribution in [2.24, 2.45) is 0 Å². The molecule has 1 fully saturated rings. The van der Waals surface area contributed by atoms with Crippen LogP contribution in [0.5, 0.6) is 0 Å². The highest BCUT2D eigenvalue weighted by atomic mass is 16.2. The van der Waals surface area contributed by atoms with Gasteiger partial charge in [-0.15, -0.1) is 10.2 Å². The zero-order valence-corrected chi connectivity index (χ0v) is 14.6. The molecule has 1 saturated heterocycles. The van der Waals surface area contributed by atoms with Gasteiger partial charge in [0.05, 0.1) is 0 Å². The molecule has 0 radical (unpaired) electrons. The van der Waals surface area contributed by atoms with E-state index >= 15 is 0 Å². The maximum absolute atomic E-state index is 12.6. The first-order valence-electron chi connectivity index (χ1n) is 8.72. The highest BCUT2D eigenvalue weighted by Crippen LogP contribution is 2.16. The summed E-state index contributed by atoms with van der Waals surface area (Å²) in [4.78, 5) is 16.7. The van der Waals surface area contributed by atoms with Crippen LogP contribution in [0.4, 0.5) is 5.82 Å². The molecular formula is C18H21N7O. The van der Waals surface area contributed by atoms with Gasteiger partial charge in [-0.3, -0.25) is 9.48 Å². The van der Waals surface area contributed by atoms with Crippen LogP contribution < -0.4 is 4.90 Å². The standard InChI is InChI=1S/C18H21N7O/c1-15(25-10-4-7-19-25)18(26)24-13-11-23(12-14-24)17-6-5-16(20-21-17)22-8-2-3-9-22/h2-10,15H,11-14H2,1H3. The summed E-state index contributed by atoms with van der Waals surface area (Å²) in [5.41, 5.74) is 0. The first kappa shape index (κ1) is 16.3. The van der Waals surface area contributed by atoms with Crippen LogP contribution in [0, 0.1) is 0 Å². The molecule has 26 heavy (non-hydrogen) atoms. The van der Waals surface area contributed by atoms with Gasteiger partial charge in [-0.2, -0.15) is 5.10 Å². The molecule has 134 valence electrons. The minimum Gasteiger partial charge on any atom is -0.352 e. The molecule has 0 saturated carbocycles. The third-order valence-corrected chi connectivity index (χ3v) is 4.70. The molecular weight excluding hydrogens is 330 g/mol. The van der Waals surface area contributed by atoms with Crippen molar-refractivity contribution in [3.05, 3.63) is 55.1 Å². The fraction of sp³-hybridized carbons (Fsp3) is 0.333. The molecule has 8 nitrogen and oxygen atoms in total. The smallest absolute Gasteiger partial charge is 0.247 e. The lowest BCUT2D eigenvalue weighted by Gasteiger charge is -2.36. The Bertz CT molecular complexity index is 834. The second-order valence-electron chi connectivity index (χ2n) is 6.31. The van der Waals surface area contributed by atoms with Crippen molar-refractivity contribution in [1.29, 1.82) is 0 Å². The molecule has 0 spiro atoms. The summed E-state index contributed by atoms with van der Waals surface area (Å²) < 4.78 is 3.62. The van der Waals surface area contributed by atoms with E-state index in [1.807, 2.05) is 65.3 Å². The van der Waals surface area contributed by atoms with Gasteiger partial charge in [0.2, 0.25) is 5.91 Å². The molecule has 1 atom stereocenters. The Labute approximate surface area is 151 Å². The molecule has 1 aliphatic heterocycles. The topological polar surface area (TPSA) is 72.1 Å². The third-order valence-electron chi connectivity index (χ3n) is 4.70. The van der Waals surface area contributed by atoms with E-state index in [9.17, 15) is 4.79 Å². The lowest BCUT2D eigenvalue weighted by molar-refractivity contribution is -0.134. The molecule has 3 aromatic heterocycles. The van der Waals surface area contributed by atoms with Crippen LogP contribution in [-0.2, 0) is 4.79 Å². The number of anilines is 1. The fourth-order valence-electron chi connectivity index (χ4n) is 3.15. The van der Waals surface area contributed by atoms with Crippen molar-refractivity contribution in [2.75, 3.05) is 31.1 Å². The zero-order chi connectivity index (χ0) is 17.9. The Hall–Kier alpha value is -3.16. The lowest BCUT2D eigenvalue weighted by atomic mass is 10.2. The molecule has 3 aromatic rings. The van der Waals surface area contributed by atoms with E-state index in [0.29, 0.717) is 13.1 Å². The summed E-state index contributed by atoms with van der Waals surface area (Å²) in [6.45, 7) is 4.72. The fourth-order valence-corrected chi connectivity index (χ4v) is 3.15. The molecule has 0 N–H and O–H groups in total. The molecule has 0 aliphatic carbocycles. The maximum atomic E-state index is 12.6. The van der Waals surface area contributed by atoms with Gasteiger partial charge in [0.1, 0.15) is 6.04 Å². The second kappa shape index (κ2) is 6.99. The van der Waals surface area contributed by atoms with Crippen LogP contribution in [0.3, 0.4) is 0 Å². The number of piperazine rings is 1. The quantitative estimate of drug-likeness (QED) is 0.710. The Morgan fingerprint density at radius 2 is 1.65 bits per heavy atom. The Kier molecular flexibility index (Phi) is 4.39. The molecule has 0 bridgehead atoms. The minimum atomic E-state index is -0.280. The van der Waals surface area contributed by atoms with Crippen LogP contribution in [0.2, 0.25) is 0 Å². The number of hydrogen-bond acceptors (Lipinski definition) is 5. The summed E-state index contributed by atoms with van der Waals surface area (Å²) in [5, 5.41) is 12.8. The zero-order valence-electron chi connectivity index (χ0n) is 14.6. The first-order chi connectivity index (χ1) is 12.7. The summed E-state index contributed by atoms with van der Waals surface area (Å²) in [7, 11) is 0. The van der Waals surface area contributed by atoms with E-state index in [1.165, 1.54) is 0 Å². The molecule has 4 rings (SSSR count). The summed E-state index contributed by atoms with van der Waals surface area (Å²) in [5.74, 6) is 1.73. The molecule has 1 aliphatic rings. The molecule has 1 amide bonds. The second-order valence-corrected chi connectivity index (χ2v) is 6.31. The number of hydrogen-bond donors (Lipinski definition) is 0. The van der Waals surface area contributed by atoms with Gasteiger partial charge < -0.3 is 14.4 Å². The summed E-state index contributed by atoms with van der Waals surface area (Å²) in [6, 6.07) is 9.40. The summed E-state index contributed by atoms with van der Waals surface area (Å²) >= 11 is 0. The number of carbonyl (C=O) groups is 1. The molecule has 1 unspecified atom stereocenters. The number of carbonyl (C=O) groups excluding carboxylic acids is 1. The van der Waals surface area contributed by atoms with Crippen molar-refractivity contribution in [3.63, 3.8) is 0 Å². The van der Waals surface area contributed by atoms with Crippen molar-refractivity contribution in [2.45, 2.75) is 13.0 Å². The van der Waals surface area contributed by atoms with Crippen molar-refractivity contribution in [3.8, 4) is 5.82 Å². The molecule has 4 heterocycles. The number of rotatable bonds is 4. The van der Waals surface area contributed by atoms with Crippen molar-refractivity contribution >= 4 is 11.7 Å². The maximum Gasteiger partial charge on any atom is 0.247 e. The number of nitrogens with zero attached hydrogens (tertiary/aromatic N) is 7. The molecule has 0 aromatic carbocycles. The number of aromatic nitrogens is 5. The van der Waals surface area contributed by atoms with Gasteiger partial charge in [-0.05, 0) is 37.3 Å². The van der Waals surface area contributed by atoms with E-state index in [4.69, 9.17) is 0 Å². The highest BCUT2D eigenvalue weighted by molar-refractivity contribution is 5.80. The Balaban J connectivity index is 1.37. The monoisotopic (exact) mass is 351 g/mol.